The number of phenols is 3. The van der Waals surface area contributed by atoms with Gasteiger partial charge < -0.3 is 24.8 Å². The highest BCUT2D eigenvalue weighted by Crippen LogP contribution is 2.40. The standard InChI is InChI=1S/C25H32O7/c1-15(26)18(8-6-5-7-17-9-10-21(28)23(11-17)31-3)12-20(16(2)27)19-13-22(29)25(30)24(14-19)32-4/h9-11,13-14,18,20,28-30H,5-8,12H2,1-4H3. The normalized spacial score (nSPS) is 12.8. The summed E-state index contributed by atoms with van der Waals surface area (Å²) in [5.41, 5.74) is 1.54. The molecule has 0 bridgehead atoms. The predicted octanol–water partition coefficient (Wildman–Crippen LogP) is 4.50. The fourth-order valence-electron chi connectivity index (χ4n) is 3.88. The minimum Gasteiger partial charge on any atom is -0.504 e. The zero-order valence-electron chi connectivity index (χ0n) is 19.1. The molecule has 0 aliphatic carbocycles. The molecule has 2 unspecified atom stereocenters. The summed E-state index contributed by atoms with van der Waals surface area (Å²) in [6.45, 7) is 2.98. The van der Waals surface area contributed by atoms with Gasteiger partial charge in [-0.2, -0.15) is 0 Å². The number of benzene rings is 2. The van der Waals surface area contributed by atoms with Gasteiger partial charge in [0, 0.05) is 11.8 Å². The van der Waals surface area contributed by atoms with Crippen LogP contribution in [0.5, 0.6) is 28.7 Å². The summed E-state index contributed by atoms with van der Waals surface area (Å²) in [6.07, 6.45) is 3.37. The van der Waals surface area contributed by atoms with Crippen molar-refractivity contribution in [3.05, 3.63) is 41.5 Å². The van der Waals surface area contributed by atoms with Gasteiger partial charge in [0.2, 0.25) is 5.75 Å². The summed E-state index contributed by atoms with van der Waals surface area (Å²) in [7, 11) is 2.87. The van der Waals surface area contributed by atoms with Crippen molar-refractivity contribution in [1.29, 1.82) is 0 Å². The van der Waals surface area contributed by atoms with Crippen LogP contribution in [0.4, 0.5) is 0 Å². The van der Waals surface area contributed by atoms with E-state index in [9.17, 15) is 24.9 Å². The number of Topliss-reactive ketones (excluding diaryl/α,β-unsaturated/α-hetero) is 2. The van der Waals surface area contributed by atoms with Crippen LogP contribution in [0.2, 0.25) is 0 Å². The molecule has 32 heavy (non-hydrogen) atoms. The Kier molecular flexibility index (Phi) is 8.93. The number of unbranched alkanes of at least 4 members (excludes halogenated alkanes) is 1. The molecule has 0 amide bonds. The third kappa shape index (κ3) is 6.39. The van der Waals surface area contributed by atoms with E-state index in [1.807, 2.05) is 6.07 Å². The maximum absolute atomic E-state index is 12.4. The predicted molar refractivity (Wildman–Crippen MR) is 121 cm³/mol. The Morgan fingerprint density at radius 3 is 2.16 bits per heavy atom. The molecule has 2 atom stereocenters. The van der Waals surface area contributed by atoms with Crippen molar-refractivity contribution >= 4 is 11.6 Å². The Bertz CT molecular complexity index is 952. The maximum Gasteiger partial charge on any atom is 0.200 e. The van der Waals surface area contributed by atoms with Crippen LogP contribution in [0.3, 0.4) is 0 Å². The molecule has 174 valence electrons. The highest BCUT2D eigenvalue weighted by atomic mass is 16.5. The molecule has 0 spiro atoms. The summed E-state index contributed by atoms with van der Waals surface area (Å²) >= 11 is 0. The van der Waals surface area contributed by atoms with Crippen LogP contribution in [0.1, 0.15) is 56.6 Å². The highest BCUT2D eigenvalue weighted by molar-refractivity contribution is 5.85. The van der Waals surface area contributed by atoms with Gasteiger partial charge in [-0.3, -0.25) is 9.59 Å². The van der Waals surface area contributed by atoms with Crippen LogP contribution in [-0.2, 0) is 16.0 Å². The van der Waals surface area contributed by atoms with E-state index in [1.54, 1.807) is 12.1 Å². The van der Waals surface area contributed by atoms with Gasteiger partial charge in [-0.25, -0.2) is 0 Å². The molecule has 3 N–H and O–H groups in total. The summed E-state index contributed by atoms with van der Waals surface area (Å²) in [5, 5.41) is 29.6. The molecule has 2 aromatic rings. The lowest BCUT2D eigenvalue weighted by molar-refractivity contribution is -0.122. The molecule has 2 aromatic carbocycles. The number of methoxy groups -OCH3 is 2. The first kappa shape index (κ1) is 25.0. The van der Waals surface area contributed by atoms with Crippen molar-refractivity contribution < 1.29 is 34.4 Å². The van der Waals surface area contributed by atoms with Crippen LogP contribution >= 0.6 is 0 Å². The number of hydrogen-bond acceptors (Lipinski definition) is 7. The van der Waals surface area contributed by atoms with Gasteiger partial charge in [-0.15, -0.1) is 0 Å². The minimum absolute atomic E-state index is 0.0116. The van der Waals surface area contributed by atoms with Crippen LogP contribution in [-0.4, -0.2) is 41.1 Å². The smallest absolute Gasteiger partial charge is 0.200 e. The number of carbonyl (C=O) groups is 2. The number of ether oxygens (including phenoxy) is 2. The average Bonchev–Trinajstić information content (AvgIpc) is 2.75. The second-order valence-electron chi connectivity index (χ2n) is 8.05. The Labute approximate surface area is 188 Å². The van der Waals surface area contributed by atoms with Crippen molar-refractivity contribution in [2.24, 2.45) is 5.92 Å². The Morgan fingerprint density at radius 1 is 0.875 bits per heavy atom. The Hall–Kier alpha value is -3.22. The van der Waals surface area contributed by atoms with E-state index in [2.05, 4.69) is 0 Å². The topological polar surface area (TPSA) is 113 Å². The summed E-state index contributed by atoms with van der Waals surface area (Å²) in [5.74, 6) is -1.15. The molecule has 0 saturated heterocycles. The Morgan fingerprint density at radius 2 is 1.56 bits per heavy atom. The molecule has 0 heterocycles. The van der Waals surface area contributed by atoms with E-state index in [1.165, 1.54) is 40.2 Å². The average molecular weight is 445 g/mol. The summed E-state index contributed by atoms with van der Waals surface area (Å²) in [4.78, 5) is 24.7. The van der Waals surface area contributed by atoms with Crippen LogP contribution in [0.25, 0.3) is 0 Å². The van der Waals surface area contributed by atoms with Gasteiger partial charge in [-0.1, -0.05) is 12.5 Å². The number of carbonyl (C=O) groups excluding carboxylic acids is 2. The number of rotatable bonds is 12. The molecule has 0 aromatic heterocycles. The summed E-state index contributed by atoms with van der Waals surface area (Å²) < 4.78 is 10.2. The maximum atomic E-state index is 12.4. The number of hydrogen-bond donors (Lipinski definition) is 3. The second-order valence-corrected chi connectivity index (χ2v) is 8.05. The van der Waals surface area contributed by atoms with Crippen molar-refractivity contribution in [3.8, 4) is 28.7 Å². The van der Waals surface area contributed by atoms with Crippen LogP contribution in [0.15, 0.2) is 30.3 Å². The lowest BCUT2D eigenvalue weighted by Gasteiger charge is -2.21. The number of ketones is 2. The molecule has 0 aliphatic heterocycles. The molecular formula is C25H32O7. The van der Waals surface area contributed by atoms with Gasteiger partial charge in [0.05, 0.1) is 14.2 Å². The zero-order chi connectivity index (χ0) is 23.8. The minimum atomic E-state index is -0.592. The van der Waals surface area contributed by atoms with Crippen LogP contribution < -0.4 is 9.47 Å². The lowest BCUT2D eigenvalue weighted by atomic mass is 9.82. The fourth-order valence-corrected chi connectivity index (χ4v) is 3.88. The third-order valence-electron chi connectivity index (χ3n) is 5.80. The zero-order valence-corrected chi connectivity index (χ0v) is 19.1. The van der Waals surface area contributed by atoms with Crippen LogP contribution in [0, 0.1) is 5.92 Å². The van der Waals surface area contributed by atoms with E-state index in [-0.39, 0.29) is 40.5 Å². The van der Waals surface area contributed by atoms with E-state index >= 15 is 0 Å². The summed E-state index contributed by atoms with van der Waals surface area (Å²) in [6, 6.07) is 8.12. The number of phenolic OH excluding ortho intramolecular Hbond substituents is 3. The third-order valence-corrected chi connectivity index (χ3v) is 5.80. The second kappa shape index (κ2) is 11.4. The quantitative estimate of drug-likeness (QED) is 0.326. The first-order chi connectivity index (χ1) is 15.2. The van der Waals surface area contributed by atoms with Gasteiger partial charge in [0.15, 0.2) is 23.0 Å². The molecule has 0 radical (unpaired) electrons. The van der Waals surface area contributed by atoms with E-state index in [4.69, 9.17) is 9.47 Å². The van der Waals surface area contributed by atoms with Gasteiger partial charge >= 0.3 is 0 Å². The fraction of sp³-hybridized carbons (Fsp3) is 0.440. The molecular weight excluding hydrogens is 412 g/mol. The van der Waals surface area contributed by atoms with Crippen molar-refractivity contribution in [3.63, 3.8) is 0 Å². The van der Waals surface area contributed by atoms with E-state index in [0.29, 0.717) is 24.2 Å². The molecule has 0 saturated carbocycles. The first-order valence-electron chi connectivity index (χ1n) is 10.6. The number of aryl methyl sites for hydroxylation is 1. The largest absolute Gasteiger partial charge is 0.504 e. The van der Waals surface area contributed by atoms with Gasteiger partial charge in [-0.05, 0) is 74.9 Å². The molecule has 7 nitrogen and oxygen atoms in total. The highest BCUT2D eigenvalue weighted by Gasteiger charge is 2.26. The Balaban J connectivity index is 2.05. The number of aromatic hydroxyl groups is 3. The molecule has 2 rings (SSSR count). The van der Waals surface area contributed by atoms with Crippen molar-refractivity contribution in [1.82, 2.24) is 0 Å². The van der Waals surface area contributed by atoms with Crippen molar-refractivity contribution in [2.45, 2.75) is 51.9 Å². The van der Waals surface area contributed by atoms with Crippen molar-refractivity contribution in [2.75, 3.05) is 14.2 Å². The lowest BCUT2D eigenvalue weighted by Crippen LogP contribution is -2.19. The molecule has 0 aliphatic rings. The molecule has 0 fully saturated rings. The van der Waals surface area contributed by atoms with Gasteiger partial charge in [0.1, 0.15) is 11.6 Å². The first-order valence-corrected chi connectivity index (χ1v) is 10.6. The van der Waals surface area contributed by atoms with Gasteiger partial charge in [0.25, 0.3) is 0 Å². The van der Waals surface area contributed by atoms with E-state index < -0.39 is 5.92 Å². The van der Waals surface area contributed by atoms with E-state index in [0.717, 1.165) is 24.8 Å². The monoisotopic (exact) mass is 444 g/mol. The molecule has 7 heteroatoms. The SMILES string of the molecule is COc1cc(CCCCC(CC(C(C)=O)c2cc(O)c(O)c(OC)c2)C(C)=O)ccc1O.